The summed E-state index contributed by atoms with van der Waals surface area (Å²) in [6.07, 6.45) is 9.47. The lowest BCUT2D eigenvalue weighted by molar-refractivity contribution is -0.0870. The molecule has 0 radical (unpaired) electrons. The highest BCUT2D eigenvalue weighted by Gasteiger charge is 2.47. The summed E-state index contributed by atoms with van der Waals surface area (Å²) in [5.74, 6) is 0. The van der Waals surface area contributed by atoms with Crippen LogP contribution in [0, 0.1) is 0 Å². The molecule has 0 saturated heterocycles. The number of rotatable bonds is 15. The lowest BCUT2D eigenvalue weighted by Gasteiger charge is -2.40. The largest absolute Gasteiger partial charge is 0.906 e. The molecule has 0 aliphatic rings. The molecule has 0 saturated carbocycles. The molecule has 25 heavy (non-hydrogen) atoms. The fourth-order valence-corrected chi connectivity index (χ4v) is 5.70. The predicted molar refractivity (Wildman–Crippen MR) is 110 cm³/mol. The van der Waals surface area contributed by atoms with E-state index in [4.69, 9.17) is 11.4 Å². The van der Waals surface area contributed by atoms with Gasteiger partial charge in [-0.2, -0.15) is 0 Å². The van der Waals surface area contributed by atoms with Crippen LogP contribution in [-0.2, 0) is 11.4 Å². The zero-order valence-corrected chi connectivity index (χ0v) is 19.8. The van der Waals surface area contributed by atoms with Crippen molar-refractivity contribution in [3.05, 3.63) is 0 Å². The van der Waals surface area contributed by atoms with E-state index in [9.17, 15) is 0 Å². The molecule has 0 aromatic rings. The molecule has 0 aromatic carbocycles. The van der Waals surface area contributed by atoms with Crippen molar-refractivity contribution in [3.8, 4) is 0 Å². The average molecular weight is 373 g/mol. The zero-order chi connectivity index (χ0) is 19.6. The molecule has 0 heterocycles. The van der Waals surface area contributed by atoms with Crippen LogP contribution in [0.2, 0.25) is 0 Å². The number of hydrogen-bond acceptors (Lipinski definition) is 3. The Morgan fingerprint density at radius 3 is 0.920 bits per heavy atom. The molecule has 3 nitrogen and oxygen atoms in total. The van der Waals surface area contributed by atoms with E-state index in [2.05, 4.69) is 62.3 Å². The lowest BCUT2D eigenvalue weighted by Crippen LogP contribution is -2.49. The maximum absolute atomic E-state index is 6.61. The minimum Gasteiger partial charge on any atom is -0.449 e. The van der Waals surface area contributed by atoms with Crippen molar-refractivity contribution in [1.29, 1.82) is 0 Å². The molecule has 0 bridgehead atoms. The molecule has 0 aliphatic carbocycles. The van der Waals surface area contributed by atoms with Gasteiger partial charge >= 0.3 is 15.1 Å². The Hall–Kier alpha value is 0.412. The fourth-order valence-electron chi connectivity index (χ4n) is 3.31. The maximum atomic E-state index is 6.61. The van der Waals surface area contributed by atoms with Crippen molar-refractivity contribution in [1.82, 2.24) is 0 Å². The monoisotopic (exact) mass is 372 g/mol. The first-order chi connectivity index (χ1) is 11.6. The van der Waals surface area contributed by atoms with E-state index < -0.39 is 15.1 Å². The van der Waals surface area contributed by atoms with Gasteiger partial charge in [0.15, 0.2) is 0 Å². The van der Waals surface area contributed by atoms with Crippen LogP contribution in [0.1, 0.15) is 120 Å². The highest BCUT2D eigenvalue weighted by Crippen LogP contribution is 2.31. The summed E-state index contributed by atoms with van der Waals surface area (Å²) >= 11 is -2.26. The second-order valence-electron chi connectivity index (χ2n) is 8.30. The molecule has 0 aliphatic heterocycles. The standard InChI is InChI=1S/3C7H15O.Al/c3*1-4-6-7(3,8)5-2;/h3*4-6H2,1-3H3;/q3*-1;+3. The minimum absolute atomic E-state index is 0.145. The van der Waals surface area contributed by atoms with Gasteiger partial charge in [0.25, 0.3) is 0 Å². The van der Waals surface area contributed by atoms with E-state index in [-0.39, 0.29) is 16.8 Å². The van der Waals surface area contributed by atoms with E-state index >= 15 is 0 Å². The Morgan fingerprint density at radius 2 is 0.760 bits per heavy atom. The van der Waals surface area contributed by atoms with Crippen LogP contribution in [0.3, 0.4) is 0 Å². The van der Waals surface area contributed by atoms with Gasteiger partial charge in [0, 0.05) is 16.8 Å². The first-order valence-corrected chi connectivity index (χ1v) is 12.1. The summed E-state index contributed by atoms with van der Waals surface area (Å²) in [7, 11) is 0. The van der Waals surface area contributed by atoms with Gasteiger partial charge in [0.2, 0.25) is 0 Å². The molecular weight excluding hydrogens is 327 g/mol. The summed E-state index contributed by atoms with van der Waals surface area (Å²) in [4.78, 5) is 0. The Labute approximate surface area is 163 Å². The highest BCUT2D eigenvalue weighted by molar-refractivity contribution is 6.36. The molecule has 3 atom stereocenters. The van der Waals surface area contributed by atoms with Crippen LogP contribution >= 0.6 is 0 Å². The second-order valence-corrected chi connectivity index (χ2v) is 9.59. The van der Waals surface area contributed by atoms with Crippen LogP contribution < -0.4 is 0 Å². The molecule has 0 aromatic heterocycles. The average Bonchev–Trinajstić information content (AvgIpc) is 2.55. The van der Waals surface area contributed by atoms with Gasteiger partial charge in [-0.3, -0.25) is 0 Å². The number of hydrogen-bond donors (Lipinski definition) is 0. The lowest BCUT2D eigenvalue weighted by atomic mass is 9.98. The van der Waals surface area contributed by atoms with Gasteiger partial charge in [-0.1, -0.05) is 60.8 Å². The van der Waals surface area contributed by atoms with Crippen LogP contribution in [0.5, 0.6) is 0 Å². The first-order valence-electron chi connectivity index (χ1n) is 10.7. The predicted octanol–water partition coefficient (Wildman–Crippen LogP) is 6.93. The van der Waals surface area contributed by atoms with E-state index in [0.717, 1.165) is 57.8 Å². The van der Waals surface area contributed by atoms with Gasteiger partial charge < -0.3 is 11.4 Å². The SMILES string of the molecule is CCCC(C)(CC)[O][Al]([O]C(C)(CC)CCC)[O]C(C)(CC)CCC. The van der Waals surface area contributed by atoms with Crippen molar-refractivity contribution in [3.63, 3.8) is 0 Å². The summed E-state index contributed by atoms with van der Waals surface area (Å²) < 4.78 is 19.8. The Bertz CT molecular complexity index is 300. The van der Waals surface area contributed by atoms with Gasteiger partial charge in [-0.25, -0.2) is 0 Å². The van der Waals surface area contributed by atoms with Crippen LogP contribution in [0.25, 0.3) is 0 Å². The molecule has 4 heteroatoms. The third-order valence-electron chi connectivity index (χ3n) is 5.72. The third-order valence-corrected chi connectivity index (χ3v) is 8.01. The molecular formula is C21H45AlO3. The van der Waals surface area contributed by atoms with E-state index in [0.29, 0.717) is 0 Å². The quantitative estimate of drug-likeness (QED) is 0.292. The van der Waals surface area contributed by atoms with Crippen molar-refractivity contribution in [2.45, 2.75) is 137 Å². The van der Waals surface area contributed by atoms with Gasteiger partial charge in [0.1, 0.15) is 0 Å². The summed E-state index contributed by atoms with van der Waals surface area (Å²) in [5, 5.41) is 0. The molecule has 0 fully saturated rings. The highest BCUT2D eigenvalue weighted by atomic mass is 27.3. The molecule has 3 unspecified atom stereocenters. The van der Waals surface area contributed by atoms with E-state index in [1.165, 1.54) is 0 Å². The summed E-state index contributed by atoms with van der Waals surface area (Å²) in [6.45, 7) is 19.9. The third kappa shape index (κ3) is 9.25. The minimum atomic E-state index is -2.26. The van der Waals surface area contributed by atoms with E-state index in [1.54, 1.807) is 0 Å². The topological polar surface area (TPSA) is 27.7 Å². The molecule has 0 spiro atoms. The zero-order valence-electron chi connectivity index (χ0n) is 18.7. The Balaban J connectivity index is 5.41. The van der Waals surface area contributed by atoms with Gasteiger partial charge in [-0.05, 0) is 59.3 Å². The van der Waals surface area contributed by atoms with Crippen molar-refractivity contribution in [2.24, 2.45) is 0 Å². The first kappa shape index (κ1) is 25.4. The summed E-state index contributed by atoms with van der Waals surface area (Å²) in [5.41, 5.74) is -0.436. The van der Waals surface area contributed by atoms with Crippen LogP contribution in [0.15, 0.2) is 0 Å². The van der Waals surface area contributed by atoms with E-state index in [1.807, 2.05) is 0 Å². The Kier molecular flexibility index (Phi) is 12.2. The summed E-state index contributed by atoms with van der Waals surface area (Å²) in [6, 6.07) is 0. The molecule has 0 N–H and O–H groups in total. The normalized spacial score (nSPS) is 19.1. The van der Waals surface area contributed by atoms with Gasteiger partial charge in [-0.15, -0.1) is 0 Å². The fraction of sp³-hybridized carbons (Fsp3) is 1.00. The van der Waals surface area contributed by atoms with Gasteiger partial charge in [0.05, 0.1) is 0 Å². The maximum Gasteiger partial charge on any atom is 0.906 e. The van der Waals surface area contributed by atoms with Crippen molar-refractivity contribution < 1.29 is 11.4 Å². The van der Waals surface area contributed by atoms with Crippen molar-refractivity contribution >= 4 is 15.1 Å². The second kappa shape index (κ2) is 12.0. The smallest absolute Gasteiger partial charge is 0.449 e. The molecule has 0 amide bonds. The Morgan fingerprint density at radius 1 is 0.520 bits per heavy atom. The van der Waals surface area contributed by atoms with Crippen molar-refractivity contribution in [2.75, 3.05) is 0 Å². The molecule has 150 valence electrons. The van der Waals surface area contributed by atoms with Crippen LogP contribution in [0.4, 0.5) is 0 Å². The van der Waals surface area contributed by atoms with Crippen LogP contribution in [-0.4, -0.2) is 32.0 Å². The molecule has 0 rings (SSSR count).